The van der Waals surface area contributed by atoms with Crippen molar-refractivity contribution in [3.63, 3.8) is 0 Å². The van der Waals surface area contributed by atoms with Crippen LogP contribution in [0, 0.1) is 0 Å². The molecular weight excluding hydrogens is 438 g/mol. The zero-order chi connectivity index (χ0) is 24.0. The molecule has 9 nitrogen and oxygen atoms in total. The Hall–Kier alpha value is -2.20. The number of methoxy groups -OCH3 is 2. The Kier molecular flexibility index (Phi) is 8.41. The molecule has 2 unspecified atom stereocenters. The van der Waals surface area contributed by atoms with Gasteiger partial charge in [-0.15, -0.1) is 0 Å². The predicted molar refractivity (Wildman–Crippen MR) is 126 cm³/mol. The quantitative estimate of drug-likeness (QED) is 0.612. The highest BCUT2D eigenvalue weighted by Gasteiger charge is 2.40. The van der Waals surface area contributed by atoms with E-state index in [1.165, 1.54) is 0 Å². The molecule has 1 spiro atoms. The average molecular weight is 476 g/mol. The number of benzene rings is 1. The number of nitrogens with zero attached hydrogens (tertiary/aromatic N) is 2. The first kappa shape index (κ1) is 24.9. The zero-order valence-corrected chi connectivity index (χ0v) is 20.3. The highest BCUT2D eigenvalue weighted by molar-refractivity contribution is 5.97. The molecule has 0 bridgehead atoms. The highest BCUT2D eigenvalue weighted by Crippen LogP contribution is 2.31. The van der Waals surface area contributed by atoms with Crippen molar-refractivity contribution in [2.75, 3.05) is 60.2 Å². The topological polar surface area (TPSA) is 89.6 Å². The average Bonchev–Trinajstić information content (AvgIpc) is 3.32. The molecule has 188 valence electrons. The van der Waals surface area contributed by atoms with Crippen LogP contribution in [0.3, 0.4) is 0 Å². The summed E-state index contributed by atoms with van der Waals surface area (Å²) in [5, 5.41) is 3.12. The van der Waals surface area contributed by atoms with E-state index in [4.69, 9.17) is 18.9 Å². The Bertz CT molecular complexity index is 834. The number of carbonyl (C=O) groups excluding carboxylic acids is 2. The second-order valence-electron chi connectivity index (χ2n) is 9.24. The molecule has 0 radical (unpaired) electrons. The smallest absolute Gasteiger partial charge is 0.255 e. The van der Waals surface area contributed by atoms with Crippen LogP contribution >= 0.6 is 0 Å². The largest absolute Gasteiger partial charge is 0.496 e. The van der Waals surface area contributed by atoms with Crippen LogP contribution in [0.15, 0.2) is 24.3 Å². The maximum Gasteiger partial charge on any atom is 0.255 e. The van der Waals surface area contributed by atoms with Gasteiger partial charge in [-0.1, -0.05) is 12.1 Å². The molecule has 3 saturated heterocycles. The first-order valence-corrected chi connectivity index (χ1v) is 12.3. The summed E-state index contributed by atoms with van der Waals surface area (Å²) in [5.41, 5.74) is 0.524. The number of amides is 2. The number of rotatable bonds is 8. The lowest BCUT2D eigenvalue weighted by Gasteiger charge is -2.39. The molecule has 1 aromatic carbocycles. The van der Waals surface area contributed by atoms with E-state index < -0.39 is 5.79 Å². The third-order valence-electron chi connectivity index (χ3n) is 7.17. The zero-order valence-electron chi connectivity index (χ0n) is 20.3. The summed E-state index contributed by atoms with van der Waals surface area (Å²) in [6.07, 6.45) is 3.54. The van der Waals surface area contributed by atoms with Crippen LogP contribution in [0.1, 0.15) is 42.5 Å². The third kappa shape index (κ3) is 5.89. The fraction of sp³-hybridized carbons (Fsp3) is 0.680. The van der Waals surface area contributed by atoms with Crippen molar-refractivity contribution < 1.29 is 28.5 Å². The van der Waals surface area contributed by atoms with Crippen LogP contribution in [-0.2, 0) is 19.0 Å². The maximum atomic E-state index is 12.8. The molecule has 3 fully saturated rings. The number of hydrogen-bond donors (Lipinski definition) is 1. The third-order valence-corrected chi connectivity index (χ3v) is 7.17. The molecule has 0 aliphatic carbocycles. The van der Waals surface area contributed by atoms with Crippen LogP contribution in [-0.4, -0.2) is 99.7 Å². The van der Waals surface area contributed by atoms with Gasteiger partial charge in [0.25, 0.3) is 5.91 Å². The normalized spacial score (nSPS) is 24.8. The van der Waals surface area contributed by atoms with E-state index in [1.54, 1.807) is 26.4 Å². The van der Waals surface area contributed by atoms with E-state index in [9.17, 15) is 9.59 Å². The van der Waals surface area contributed by atoms with Crippen molar-refractivity contribution in [1.29, 1.82) is 0 Å². The molecule has 0 aromatic heterocycles. The number of para-hydroxylation sites is 1. The van der Waals surface area contributed by atoms with Gasteiger partial charge >= 0.3 is 0 Å². The summed E-state index contributed by atoms with van der Waals surface area (Å²) in [7, 11) is 3.24. The summed E-state index contributed by atoms with van der Waals surface area (Å²) in [4.78, 5) is 29.7. The summed E-state index contributed by atoms with van der Waals surface area (Å²) in [6, 6.07) is 7.15. The molecule has 1 N–H and O–H groups in total. The first-order chi connectivity index (χ1) is 16.5. The number of likely N-dealkylation sites (tertiary alicyclic amines) is 2. The monoisotopic (exact) mass is 475 g/mol. The van der Waals surface area contributed by atoms with E-state index in [1.807, 2.05) is 17.0 Å². The molecule has 3 heterocycles. The molecule has 3 aliphatic heterocycles. The summed E-state index contributed by atoms with van der Waals surface area (Å²) in [6.45, 7) is 5.11. The lowest BCUT2D eigenvalue weighted by Crippen LogP contribution is -2.55. The van der Waals surface area contributed by atoms with Gasteiger partial charge in [-0.2, -0.15) is 0 Å². The Balaban J connectivity index is 1.19. The Labute approximate surface area is 201 Å². The van der Waals surface area contributed by atoms with Crippen LogP contribution < -0.4 is 10.1 Å². The lowest BCUT2D eigenvalue weighted by atomic mass is 10.00. The van der Waals surface area contributed by atoms with Gasteiger partial charge in [0.1, 0.15) is 5.75 Å². The van der Waals surface area contributed by atoms with Crippen molar-refractivity contribution in [3.8, 4) is 5.75 Å². The van der Waals surface area contributed by atoms with Crippen LogP contribution in [0.5, 0.6) is 5.75 Å². The molecule has 4 rings (SSSR count). The maximum absolute atomic E-state index is 12.8. The molecule has 9 heteroatoms. The molecule has 1 aromatic rings. The minimum absolute atomic E-state index is 0.0685. The van der Waals surface area contributed by atoms with Crippen LogP contribution in [0.2, 0.25) is 0 Å². The summed E-state index contributed by atoms with van der Waals surface area (Å²) in [5.74, 6) is 0.163. The number of nitrogens with one attached hydrogen (secondary N) is 1. The van der Waals surface area contributed by atoms with E-state index in [-0.39, 0.29) is 24.0 Å². The second kappa shape index (κ2) is 11.5. The van der Waals surface area contributed by atoms with Crippen LogP contribution in [0.25, 0.3) is 0 Å². The fourth-order valence-corrected chi connectivity index (χ4v) is 5.16. The van der Waals surface area contributed by atoms with E-state index in [0.29, 0.717) is 44.0 Å². The second-order valence-corrected chi connectivity index (χ2v) is 9.24. The van der Waals surface area contributed by atoms with Crippen molar-refractivity contribution in [1.82, 2.24) is 15.1 Å². The molecule has 2 amide bonds. The Morgan fingerprint density at radius 3 is 2.56 bits per heavy atom. The van der Waals surface area contributed by atoms with Gasteiger partial charge < -0.3 is 34.1 Å². The lowest BCUT2D eigenvalue weighted by molar-refractivity contribution is -0.187. The standard InChI is InChI=1S/C25H37N3O6/c1-31-21-7-4-3-6-19(21)24(30)26-20-9-13-27(18-22(20)32-2)12-5-8-23(29)28-14-10-25(11-15-28)33-16-17-34-25/h3-4,6-7,20,22H,5,8-18H2,1-2H3,(H,26,30). The number of carbonyl (C=O) groups is 2. The van der Waals surface area contributed by atoms with Gasteiger partial charge in [-0.05, 0) is 31.5 Å². The van der Waals surface area contributed by atoms with Gasteiger partial charge in [0.05, 0.1) is 38.0 Å². The molecule has 3 aliphatic rings. The molecule has 0 saturated carbocycles. The van der Waals surface area contributed by atoms with E-state index >= 15 is 0 Å². The van der Waals surface area contributed by atoms with Gasteiger partial charge in [-0.25, -0.2) is 0 Å². The minimum Gasteiger partial charge on any atom is -0.496 e. The number of hydrogen-bond acceptors (Lipinski definition) is 7. The van der Waals surface area contributed by atoms with Crippen molar-refractivity contribution in [3.05, 3.63) is 29.8 Å². The predicted octanol–water partition coefficient (Wildman–Crippen LogP) is 1.66. The minimum atomic E-state index is -0.447. The molecular formula is C25H37N3O6. The number of ether oxygens (including phenoxy) is 4. The molecule has 34 heavy (non-hydrogen) atoms. The van der Waals surface area contributed by atoms with Crippen molar-refractivity contribution >= 4 is 11.8 Å². The van der Waals surface area contributed by atoms with Crippen molar-refractivity contribution in [2.45, 2.75) is 50.0 Å². The Morgan fingerprint density at radius 1 is 1.12 bits per heavy atom. The van der Waals surface area contributed by atoms with E-state index in [0.717, 1.165) is 45.3 Å². The SMILES string of the molecule is COc1ccccc1C(=O)NC1CCN(CCCC(=O)N2CCC3(CC2)OCCO3)CC1OC. The van der Waals surface area contributed by atoms with Gasteiger partial charge in [0, 0.05) is 52.6 Å². The Morgan fingerprint density at radius 2 is 1.85 bits per heavy atom. The van der Waals surface area contributed by atoms with E-state index in [2.05, 4.69) is 10.2 Å². The fourth-order valence-electron chi connectivity index (χ4n) is 5.16. The summed E-state index contributed by atoms with van der Waals surface area (Å²) >= 11 is 0. The van der Waals surface area contributed by atoms with Crippen LogP contribution in [0.4, 0.5) is 0 Å². The van der Waals surface area contributed by atoms with Gasteiger partial charge in [0.2, 0.25) is 5.91 Å². The highest BCUT2D eigenvalue weighted by atomic mass is 16.7. The molecule has 2 atom stereocenters. The summed E-state index contributed by atoms with van der Waals surface area (Å²) < 4.78 is 22.5. The van der Waals surface area contributed by atoms with Crippen molar-refractivity contribution in [2.24, 2.45) is 0 Å². The van der Waals surface area contributed by atoms with Gasteiger partial charge in [0.15, 0.2) is 5.79 Å². The number of piperidine rings is 2. The van der Waals surface area contributed by atoms with Gasteiger partial charge in [-0.3, -0.25) is 9.59 Å². The first-order valence-electron chi connectivity index (χ1n) is 12.3.